The average molecular weight is 323 g/mol. The Morgan fingerprint density at radius 1 is 1.00 bits per heavy atom. The lowest BCUT2D eigenvalue weighted by atomic mass is 9.88. The van der Waals surface area contributed by atoms with Crippen LogP contribution in [-0.2, 0) is 0 Å². The second kappa shape index (κ2) is 6.38. The molecule has 2 fully saturated rings. The molecule has 0 spiro atoms. The molecule has 2 heterocycles. The highest BCUT2D eigenvalue weighted by atomic mass is 79.9. The Hall–Kier alpha value is -0.380. The van der Waals surface area contributed by atoms with Crippen molar-refractivity contribution in [3.8, 4) is 0 Å². The lowest BCUT2D eigenvalue weighted by molar-refractivity contribution is 0.127. The molecule has 1 aromatic rings. The van der Waals surface area contributed by atoms with E-state index >= 15 is 0 Å². The van der Waals surface area contributed by atoms with Gasteiger partial charge in [0, 0.05) is 10.5 Å². The van der Waals surface area contributed by atoms with E-state index in [-0.39, 0.29) is 0 Å². The third-order valence-corrected chi connectivity index (χ3v) is 5.42. The van der Waals surface area contributed by atoms with Gasteiger partial charge in [-0.05, 0) is 69.4 Å². The summed E-state index contributed by atoms with van der Waals surface area (Å²) < 4.78 is 1.29. The molecule has 104 valence electrons. The van der Waals surface area contributed by atoms with Gasteiger partial charge in [-0.3, -0.25) is 0 Å². The molecule has 0 radical (unpaired) electrons. The SMILES string of the molecule is Brc1ccccc1C1CCN(C2CCNCC2)CC1. The highest BCUT2D eigenvalue weighted by Crippen LogP contribution is 2.33. The first-order chi connectivity index (χ1) is 9.34. The Kier molecular flexibility index (Phi) is 4.57. The monoisotopic (exact) mass is 322 g/mol. The van der Waals surface area contributed by atoms with E-state index in [4.69, 9.17) is 0 Å². The zero-order valence-corrected chi connectivity index (χ0v) is 13.0. The Morgan fingerprint density at radius 2 is 1.68 bits per heavy atom. The average Bonchev–Trinajstić information content (AvgIpc) is 2.49. The lowest BCUT2D eigenvalue weighted by Gasteiger charge is -2.39. The largest absolute Gasteiger partial charge is 0.317 e. The summed E-state index contributed by atoms with van der Waals surface area (Å²) in [6.45, 7) is 4.96. The fourth-order valence-electron chi connectivity index (χ4n) is 3.55. The van der Waals surface area contributed by atoms with Gasteiger partial charge < -0.3 is 10.2 Å². The maximum absolute atomic E-state index is 3.70. The number of hydrogen-bond acceptors (Lipinski definition) is 2. The third kappa shape index (κ3) is 3.21. The smallest absolute Gasteiger partial charge is 0.0210 e. The zero-order valence-electron chi connectivity index (χ0n) is 11.4. The quantitative estimate of drug-likeness (QED) is 0.898. The first kappa shape index (κ1) is 13.6. The predicted octanol–water partition coefficient (Wildman–Crippen LogP) is 3.38. The molecular formula is C16H23BrN2. The number of nitrogens with zero attached hydrogens (tertiary/aromatic N) is 1. The number of piperidine rings is 2. The molecule has 3 rings (SSSR count). The number of likely N-dealkylation sites (tertiary alicyclic amines) is 1. The molecule has 0 atom stereocenters. The summed E-state index contributed by atoms with van der Waals surface area (Å²) in [7, 11) is 0. The van der Waals surface area contributed by atoms with Gasteiger partial charge in [0.1, 0.15) is 0 Å². The van der Waals surface area contributed by atoms with Crippen LogP contribution in [0, 0.1) is 0 Å². The summed E-state index contributed by atoms with van der Waals surface area (Å²) >= 11 is 3.70. The number of rotatable bonds is 2. The Morgan fingerprint density at radius 3 is 2.37 bits per heavy atom. The molecule has 3 heteroatoms. The van der Waals surface area contributed by atoms with Crippen molar-refractivity contribution in [2.45, 2.75) is 37.6 Å². The van der Waals surface area contributed by atoms with E-state index in [1.165, 1.54) is 61.9 Å². The van der Waals surface area contributed by atoms with E-state index in [2.05, 4.69) is 50.4 Å². The van der Waals surface area contributed by atoms with Crippen molar-refractivity contribution in [3.63, 3.8) is 0 Å². The van der Waals surface area contributed by atoms with Crippen LogP contribution in [0.3, 0.4) is 0 Å². The van der Waals surface area contributed by atoms with Crippen molar-refractivity contribution in [1.29, 1.82) is 0 Å². The molecule has 0 bridgehead atoms. The van der Waals surface area contributed by atoms with Crippen molar-refractivity contribution in [2.75, 3.05) is 26.2 Å². The normalized spacial score (nSPS) is 23.6. The van der Waals surface area contributed by atoms with E-state index in [1.807, 2.05) is 0 Å². The molecule has 0 amide bonds. The molecule has 2 aliphatic heterocycles. The van der Waals surface area contributed by atoms with Gasteiger partial charge in [-0.25, -0.2) is 0 Å². The number of nitrogens with one attached hydrogen (secondary N) is 1. The van der Waals surface area contributed by atoms with Crippen LogP contribution in [0.25, 0.3) is 0 Å². The first-order valence-corrected chi connectivity index (χ1v) is 8.33. The number of hydrogen-bond donors (Lipinski definition) is 1. The highest BCUT2D eigenvalue weighted by molar-refractivity contribution is 9.10. The molecule has 2 nitrogen and oxygen atoms in total. The maximum Gasteiger partial charge on any atom is 0.0210 e. The fourth-order valence-corrected chi connectivity index (χ4v) is 4.16. The van der Waals surface area contributed by atoms with Gasteiger partial charge in [-0.1, -0.05) is 34.1 Å². The standard InChI is InChI=1S/C16H23BrN2/c17-16-4-2-1-3-15(16)13-7-11-19(12-8-13)14-5-9-18-10-6-14/h1-4,13-14,18H,5-12H2. The first-order valence-electron chi connectivity index (χ1n) is 7.54. The predicted molar refractivity (Wildman–Crippen MR) is 83.6 cm³/mol. The van der Waals surface area contributed by atoms with E-state index in [1.54, 1.807) is 0 Å². The Labute approximate surface area is 124 Å². The van der Waals surface area contributed by atoms with E-state index in [9.17, 15) is 0 Å². The third-order valence-electron chi connectivity index (χ3n) is 4.70. The molecule has 2 aliphatic rings. The second-order valence-electron chi connectivity index (χ2n) is 5.81. The van der Waals surface area contributed by atoms with Crippen LogP contribution in [0.4, 0.5) is 0 Å². The summed E-state index contributed by atoms with van der Waals surface area (Å²) in [6, 6.07) is 9.57. The van der Waals surface area contributed by atoms with Gasteiger partial charge in [0.2, 0.25) is 0 Å². The van der Waals surface area contributed by atoms with Crippen molar-refractivity contribution >= 4 is 15.9 Å². The van der Waals surface area contributed by atoms with E-state index in [0.717, 1.165) is 12.0 Å². The minimum absolute atomic E-state index is 0.744. The fraction of sp³-hybridized carbons (Fsp3) is 0.625. The van der Waals surface area contributed by atoms with Crippen LogP contribution in [0.2, 0.25) is 0 Å². The van der Waals surface area contributed by atoms with Gasteiger partial charge in [0.15, 0.2) is 0 Å². The highest BCUT2D eigenvalue weighted by Gasteiger charge is 2.27. The number of benzene rings is 1. The lowest BCUT2D eigenvalue weighted by Crippen LogP contribution is -2.46. The van der Waals surface area contributed by atoms with Crippen molar-refractivity contribution in [3.05, 3.63) is 34.3 Å². The molecule has 0 aromatic heterocycles. The van der Waals surface area contributed by atoms with Crippen LogP contribution in [0.15, 0.2) is 28.7 Å². The maximum atomic E-state index is 3.70. The Bertz CT molecular complexity index is 407. The van der Waals surface area contributed by atoms with Gasteiger partial charge >= 0.3 is 0 Å². The minimum atomic E-state index is 0.744. The van der Waals surface area contributed by atoms with Crippen molar-refractivity contribution < 1.29 is 0 Å². The van der Waals surface area contributed by atoms with Crippen LogP contribution in [0.5, 0.6) is 0 Å². The van der Waals surface area contributed by atoms with Crippen LogP contribution < -0.4 is 5.32 Å². The van der Waals surface area contributed by atoms with Gasteiger partial charge in [0.25, 0.3) is 0 Å². The molecule has 1 N–H and O–H groups in total. The number of halogens is 1. The summed E-state index contributed by atoms with van der Waals surface area (Å²) in [6.07, 6.45) is 5.29. The molecule has 0 aliphatic carbocycles. The van der Waals surface area contributed by atoms with Gasteiger partial charge in [0.05, 0.1) is 0 Å². The van der Waals surface area contributed by atoms with Crippen molar-refractivity contribution in [2.24, 2.45) is 0 Å². The van der Waals surface area contributed by atoms with E-state index in [0.29, 0.717) is 0 Å². The second-order valence-corrected chi connectivity index (χ2v) is 6.67. The summed E-state index contributed by atoms with van der Waals surface area (Å²) in [5.41, 5.74) is 1.51. The topological polar surface area (TPSA) is 15.3 Å². The molecule has 19 heavy (non-hydrogen) atoms. The summed E-state index contributed by atoms with van der Waals surface area (Å²) in [5.74, 6) is 0.744. The summed E-state index contributed by atoms with van der Waals surface area (Å²) in [4.78, 5) is 2.73. The zero-order chi connectivity index (χ0) is 13.1. The van der Waals surface area contributed by atoms with Crippen LogP contribution >= 0.6 is 15.9 Å². The van der Waals surface area contributed by atoms with Crippen LogP contribution in [-0.4, -0.2) is 37.1 Å². The molecule has 0 saturated carbocycles. The molecule has 1 aromatic carbocycles. The summed E-state index contributed by atoms with van der Waals surface area (Å²) in [5, 5.41) is 3.46. The molecular weight excluding hydrogens is 300 g/mol. The molecule has 2 saturated heterocycles. The minimum Gasteiger partial charge on any atom is -0.317 e. The van der Waals surface area contributed by atoms with E-state index < -0.39 is 0 Å². The molecule has 0 unspecified atom stereocenters. The van der Waals surface area contributed by atoms with Crippen LogP contribution in [0.1, 0.15) is 37.2 Å². The van der Waals surface area contributed by atoms with Gasteiger partial charge in [-0.15, -0.1) is 0 Å². The van der Waals surface area contributed by atoms with Gasteiger partial charge in [-0.2, -0.15) is 0 Å². The van der Waals surface area contributed by atoms with Crippen molar-refractivity contribution in [1.82, 2.24) is 10.2 Å². The Balaban J connectivity index is 1.58.